The van der Waals surface area contributed by atoms with Gasteiger partial charge in [0.1, 0.15) is 12.1 Å². The Bertz CT molecular complexity index is 1420. The molecule has 1 aliphatic rings. The fourth-order valence-electron chi connectivity index (χ4n) is 4.90. The first-order valence-electron chi connectivity index (χ1n) is 11.1. The van der Waals surface area contributed by atoms with Crippen molar-refractivity contribution >= 4 is 27.8 Å². The number of fused-ring (bicyclic) bond motifs is 2. The van der Waals surface area contributed by atoms with Gasteiger partial charge in [0.2, 0.25) is 0 Å². The minimum absolute atomic E-state index is 0.142. The largest absolute Gasteiger partial charge is 0.364 e. The number of hydrogen-bond donors (Lipinski definition) is 1. The Labute approximate surface area is 191 Å². The first-order chi connectivity index (χ1) is 15.9. The maximum Gasteiger partial charge on any atom is 0.250 e. The lowest BCUT2D eigenvalue weighted by Crippen LogP contribution is -2.57. The van der Waals surface area contributed by atoms with Gasteiger partial charge in [-0.15, -0.1) is 0 Å². The van der Waals surface area contributed by atoms with E-state index in [2.05, 4.69) is 68.8 Å². The van der Waals surface area contributed by atoms with Crippen molar-refractivity contribution in [2.45, 2.75) is 45.4 Å². The van der Waals surface area contributed by atoms with Crippen molar-refractivity contribution in [1.82, 2.24) is 29.6 Å². The molecule has 1 N–H and O–H groups in total. The summed E-state index contributed by atoms with van der Waals surface area (Å²) < 4.78 is 1.57. The summed E-state index contributed by atoms with van der Waals surface area (Å²) in [5.41, 5.74) is 5.04. The molecule has 9 heteroatoms. The summed E-state index contributed by atoms with van der Waals surface area (Å²) in [5.74, 6) is 0. The molecule has 33 heavy (non-hydrogen) atoms. The Hall–Kier alpha value is -3.77. The second-order valence-corrected chi connectivity index (χ2v) is 8.79. The van der Waals surface area contributed by atoms with Gasteiger partial charge in [-0.2, -0.15) is 10.4 Å². The number of benzene rings is 1. The van der Waals surface area contributed by atoms with Gasteiger partial charge in [0.05, 0.1) is 34.5 Å². The number of H-pyrrole nitrogens is 1. The summed E-state index contributed by atoms with van der Waals surface area (Å²) >= 11 is 0. The molecule has 1 saturated heterocycles. The number of aromatic amines is 1. The molecule has 168 valence electrons. The summed E-state index contributed by atoms with van der Waals surface area (Å²) in [6.07, 6.45) is 5.16. The summed E-state index contributed by atoms with van der Waals surface area (Å²) in [4.78, 5) is 28.8. The standard InChI is InChI=1S/C24H26N8O/c1-15-13-32(22-11-23(33)28-21-14-30(9-6-25)29-24(21)22)16(2)12-31(15)17(3)18-4-5-19-20(10-18)27-8-7-26-19/h4-5,7-8,10-11,14-17H,9,12-13H2,1-3H3,(H,28,33)/t15-,16+,17?/m1/s1. The Morgan fingerprint density at radius 1 is 1.15 bits per heavy atom. The highest BCUT2D eigenvalue weighted by Crippen LogP contribution is 2.32. The Morgan fingerprint density at radius 2 is 1.94 bits per heavy atom. The molecule has 0 saturated carbocycles. The molecule has 0 spiro atoms. The van der Waals surface area contributed by atoms with Crippen LogP contribution in [0, 0.1) is 11.3 Å². The minimum atomic E-state index is -0.165. The fourth-order valence-corrected chi connectivity index (χ4v) is 4.90. The van der Waals surface area contributed by atoms with Crippen molar-refractivity contribution in [3.05, 3.63) is 58.8 Å². The first kappa shape index (κ1) is 21.1. The summed E-state index contributed by atoms with van der Waals surface area (Å²) in [6.45, 7) is 8.37. The number of anilines is 1. The second-order valence-electron chi connectivity index (χ2n) is 8.79. The van der Waals surface area contributed by atoms with Gasteiger partial charge >= 0.3 is 0 Å². The maximum atomic E-state index is 12.4. The molecule has 1 unspecified atom stereocenters. The van der Waals surface area contributed by atoms with Crippen LogP contribution in [0.2, 0.25) is 0 Å². The van der Waals surface area contributed by atoms with Crippen LogP contribution in [0.15, 0.2) is 47.7 Å². The minimum Gasteiger partial charge on any atom is -0.364 e. The van der Waals surface area contributed by atoms with Crippen molar-refractivity contribution in [1.29, 1.82) is 5.26 Å². The van der Waals surface area contributed by atoms with E-state index in [1.54, 1.807) is 29.3 Å². The van der Waals surface area contributed by atoms with Crippen LogP contribution in [0.25, 0.3) is 22.1 Å². The molecule has 3 aromatic heterocycles. The Morgan fingerprint density at radius 3 is 2.73 bits per heavy atom. The third-order valence-electron chi connectivity index (χ3n) is 6.58. The zero-order valence-corrected chi connectivity index (χ0v) is 18.9. The zero-order valence-electron chi connectivity index (χ0n) is 18.9. The number of nitrogens with zero attached hydrogens (tertiary/aromatic N) is 7. The molecule has 9 nitrogen and oxygen atoms in total. The predicted molar refractivity (Wildman–Crippen MR) is 127 cm³/mol. The second kappa shape index (κ2) is 8.30. The lowest BCUT2D eigenvalue weighted by molar-refractivity contribution is 0.119. The highest BCUT2D eigenvalue weighted by Gasteiger charge is 2.33. The quantitative estimate of drug-likeness (QED) is 0.518. The molecule has 3 atom stereocenters. The SMILES string of the molecule is CC(c1ccc2nccnc2c1)N1C[C@H](C)N(c2cc(=O)[nH]c3cn(CC#N)nc23)C[C@H]1C. The maximum absolute atomic E-state index is 12.4. The van der Waals surface area contributed by atoms with Crippen LogP contribution in [-0.2, 0) is 6.54 Å². The lowest BCUT2D eigenvalue weighted by Gasteiger charge is -2.47. The van der Waals surface area contributed by atoms with Gasteiger partial charge in [0.25, 0.3) is 5.56 Å². The molecule has 1 aliphatic heterocycles. The van der Waals surface area contributed by atoms with Gasteiger partial charge in [-0.25, -0.2) is 0 Å². The number of aromatic nitrogens is 5. The van der Waals surface area contributed by atoms with E-state index in [4.69, 9.17) is 5.26 Å². The molecule has 0 aliphatic carbocycles. The Balaban J connectivity index is 1.43. The van der Waals surface area contributed by atoms with Gasteiger partial charge in [-0.1, -0.05) is 6.07 Å². The highest BCUT2D eigenvalue weighted by atomic mass is 16.1. The predicted octanol–water partition coefficient (Wildman–Crippen LogP) is 2.85. The van der Waals surface area contributed by atoms with E-state index in [9.17, 15) is 4.79 Å². The highest BCUT2D eigenvalue weighted by molar-refractivity contribution is 5.87. The van der Waals surface area contributed by atoms with Gasteiger partial charge < -0.3 is 9.88 Å². The van der Waals surface area contributed by atoms with Crippen LogP contribution in [-0.4, -0.2) is 54.8 Å². The summed E-state index contributed by atoms with van der Waals surface area (Å²) in [6, 6.07) is 10.7. The number of rotatable bonds is 4. The molecule has 0 amide bonds. The van der Waals surface area contributed by atoms with Crippen molar-refractivity contribution in [2.75, 3.05) is 18.0 Å². The molecule has 5 rings (SSSR count). The van der Waals surface area contributed by atoms with E-state index in [1.165, 1.54) is 5.56 Å². The third-order valence-corrected chi connectivity index (χ3v) is 6.58. The van der Waals surface area contributed by atoms with Gasteiger partial charge in [0.15, 0.2) is 0 Å². The van der Waals surface area contributed by atoms with E-state index in [-0.39, 0.29) is 30.2 Å². The fraction of sp³-hybridized carbons (Fsp3) is 0.375. The van der Waals surface area contributed by atoms with Crippen LogP contribution in [0.3, 0.4) is 0 Å². The van der Waals surface area contributed by atoms with E-state index >= 15 is 0 Å². The topological polar surface area (TPSA) is 107 Å². The van der Waals surface area contributed by atoms with Crippen molar-refractivity contribution in [2.24, 2.45) is 0 Å². The number of piperazine rings is 1. The molecular formula is C24H26N8O. The molecule has 4 aromatic rings. The molecular weight excluding hydrogens is 416 g/mol. The van der Waals surface area contributed by atoms with E-state index in [0.29, 0.717) is 5.52 Å². The first-order valence-corrected chi connectivity index (χ1v) is 11.1. The third kappa shape index (κ3) is 3.83. The van der Waals surface area contributed by atoms with Crippen LogP contribution in [0.5, 0.6) is 0 Å². The van der Waals surface area contributed by atoms with Crippen molar-refractivity contribution in [3.8, 4) is 6.07 Å². The number of nitriles is 1. The zero-order chi connectivity index (χ0) is 23.1. The number of nitrogens with one attached hydrogen (secondary N) is 1. The molecule has 1 fully saturated rings. The van der Waals surface area contributed by atoms with E-state index in [0.717, 1.165) is 35.3 Å². The van der Waals surface area contributed by atoms with E-state index < -0.39 is 0 Å². The molecule has 0 bridgehead atoms. The number of hydrogen-bond acceptors (Lipinski definition) is 7. The summed E-state index contributed by atoms with van der Waals surface area (Å²) in [5, 5.41) is 13.6. The van der Waals surface area contributed by atoms with Gasteiger partial charge in [0, 0.05) is 49.7 Å². The molecule has 0 radical (unpaired) electrons. The van der Waals surface area contributed by atoms with Crippen LogP contribution in [0.4, 0.5) is 5.69 Å². The Kier molecular flexibility index (Phi) is 5.30. The lowest BCUT2D eigenvalue weighted by atomic mass is 10.00. The monoisotopic (exact) mass is 442 g/mol. The average molecular weight is 443 g/mol. The van der Waals surface area contributed by atoms with Gasteiger partial charge in [-0.3, -0.25) is 24.3 Å². The van der Waals surface area contributed by atoms with Crippen molar-refractivity contribution < 1.29 is 0 Å². The smallest absolute Gasteiger partial charge is 0.250 e. The van der Waals surface area contributed by atoms with E-state index in [1.807, 2.05) is 6.07 Å². The molecule has 4 heterocycles. The average Bonchev–Trinajstić information content (AvgIpc) is 3.21. The van der Waals surface area contributed by atoms with Crippen LogP contribution >= 0.6 is 0 Å². The summed E-state index contributed by atoms with van der Waals surface area (Å²) in [7, 11) is 0. The molecule has 1 aromatic carbocycles. The normalized spacial score (nSPS) is 20.2. The van der Waals surface area contributed by atoms with Crippen LogP contribution < -0.4 is 10.5 Å². The van der Waals surface area contributed by atoms with Crippen LogP contribution in [0.1, 0.15) is 32.4 Å². The number of pyridine rings is 1. The van der Waals surface area contributed by atoms with Crippen molar-refractivity contribution in [3.63, 3.8) is 0 Å². The van der Waals surface area contributed by atoms with Gasteiger partial charge in [-0.05, 0) is 38.5 Å².